The van der Waals surface area contributed by atoms with E-state index in [2.05, 4.69) is 61.9 Å². The van der Waals surface area contributed by atoms with E-state index in [1.165, 1.54) is 12.8 Å². The number of hydrogen-bond acceptors (Lipinski definition) is 4. The number of rotatable bonds is 3. The van der Waals surface area contributed by atoms with Crippen LogP contribution in [0.4, 0.5) is 0 Å². The first-order valence-corrected chi connectivity index (χ1v) is 4.65. The Hall–Kier alpha value is -1.60. The molecule has 1 rings (SSSR count). The van der Waals surface area contributed by atoms with Crippen LogP contribution in [0, 0.1) is 0 Å². The number of imidazole rings is 1. The second-order valence-corrected chi connectivity index (χ2v) is 2.67. The third-order valence-corrected chi connectivity index (χ3v) is 1.59. The summed E-state index contributed by atoms with van der Waals surface area (Å²) in [5.74, 6) is 0. The van der Waals surface area contributed by atoms with Crippen molar-refractivity contribution in [3.8, 4) is 0 Å². The Morgan fingerprint density at radius 2 is 1.42 bits per heavy atom. The van der Waals surface area contributed by atoms with Crippen LogP contribution < -0.4 is 4.57 Å². The van der Waals surface area contributed by atoms with Crippen molar-refractivity contribution in [2.24, 2.45) is 7.05 Å². The predicted octanol–water partition coefficient (Wildman–Crippen LogP) is -0.478. The van der Waals surface area contributed by atoms with Crippen molar-refractivity contribution in [3.05, 3.63) is 18.7 Å². The summed E-state index contributed by atoms with van der Waals surface area (Å²) in [4.78, 5) is 30.0. The molecule has 0 saturated heterocycles. The molecule has 103 valence electrons. The van der Waals surface area contributed by atoms with E-state index in [9.17, 15) is 0 Å². The van der Waals surface area contributed by atoms with Gasteiger partial charge in [0.1, 0.15) is 12.4 Å². The molecule has 1 aromatic heterocycles. The van der Waals surface area contributed by atoms with E-state index in [1.807, 2.05) is 7.05 Å². The minimum Gasteiger partial charge on any atom is -0.281 e. The second kappa shape index (κ2) is 36.0. The maximum Gasteiger partial charge on any atom is 2.00 e. The van der Waals surface area contributed by atoms with Crippen molar-refractivity contribution in [1.82, 2.24) is 4.57 Å². The normalized spacial score (nSPS) is 6.21. The summed E-state index contributed by atoms with van der Waals surface area (Å²) >= 11 is 0. The van der Waals surface area contributed by atoms with Gasteiger partial charge in [0, 0.05) is 0 Å². The van der Waals surface area contributed by atoms with Crippen LogP contribution in [0.15, 0.2) is 18.7 Å². The zero-order chi connectivity index (χ0) is 15.4. The van der Waals surface area contributed by atoms with Gasteiger partial charge < -0.3 is 0 Å². The number of aryl methyl sites for hydroxylation is 2. The van der Waals surface area contributed by atoms with Crippen LogP contribution in [-0.4, -0.2) is 31.7 Å². The van der Waals surface area contributed by atoms with Gasteiger partial charge in [0.05, 0.1) is 13.6 Å². The maximum atomic E-state index is 7.50. The van der Waals surface area contributed by atoms with Crippen LogP contribution in [0.3, 0.4) is 0 Å². The van der Waals surface area contributed by atoms with Crippen molar-refractivity contribution < 1.29 is 40.5 Å². The van der Waals surface area contributed by atoms with E-state index < -0.39 is 0 Å². The number of carbonyl (C=O) groups excluding carboxylic acids is 4. The Bertz CT molecular complexity index is 252. The molecule has 19 heavy (non-hydrogen) atoms. The van der Waals surface area contributed by atoms with Crippen molar-refractivity contribution >= 4 is 27.2 Å². The number of unbranched alkanes of at least 4 members (excludes halogenated alkanes) is 1. The molecule has 0 atom stereocenters. The van der Waals surface area contributed by atoms with Crippen molar-refractivity contribution in [3.63, 3.8) is 0 Å². The van der Waals surface area contributed by atoms with Crippen molar-refractivity contribution in [2.75, 3.05) is 0 Å². The largest absolute Gasteiger partial charge is 2.00 e. The van der Waals surface area contributed by atoms with E-state index in [1.54, 1.807) is 0 Å². The van der Waals surface area contributed by atoms with Gasteiger partial charge in [0.25, 0.3) is 27.2 Å². The van der Waals surface area contributed by atoms with Crippen LogP contribution >= 0.6 is 0 Å². The Morgan fingerprint density at radius 1 is 1.00 bits per heavy atom. The minimum absolute atomic E-state index is 0. The third kappa shape index (κ3) is 26.2. The first kappa shape index (κ1) is 30.4. The van der Waals surface area contributed by atoms with E-state index in [0.29, 0.717) is 0 Å². The van der Waals surface area contributed by atoms with Gasteiger partial charge in [-0.1, -0.05) is 13.3 Å². The van der Waals surface area contributed by atoms with Crippen LogP contribution in [-0.2, 0) is 49.5 Å². The van der Waals surface area contributed by atoms with Crippen molar-refractivity contribution in [1.29, 1.82) is 0 Å². The second-order valence-electron chi connectivity index (χ2n) is 2.67. The maximum absolute atomic E-state index is 7.50. The van der Waals surface area contributed by atoms with Crippen LogP contribution in [0.5, 0.6) is 0 Å². The van der Waals surface area contributed by atoms with Crippen LogP contribution in [0.25, 0.3) is 0 Å². The molecule has 0 amide bonds. The van der Waals surface area contributed by atoms with Gasteiger partial charge in [0.15, 0.2) is 0 Å². The van der Waals surface area contributed by atoms with Crippen LogP contribution in [0.2, 0.25) is 0 Å². The quantitative estimate of drug-likeness (QED) is 0.707. The molecular weight excluding hydrogens is 295 g/mol. The Kier molecular flexibility index (Phi) is 57.6. The first-order chi connectivity index (χ1) is 8.83. The van der Waals surface area contributed by atoms with Gasteiger partial charge in [0.2, 0.25) is 6.33 Å². The molecule has 0 aromatic carbocycles. The summed E-state index contributed by atoms with van der Waals surface area (Å²) in [6.07, 6.45) is 8.82. The summed E-state index contributed by atoms with van der Waals surface area (Å²) in [6, 6.07) is 0. The molecule has 0 N–H and O–H groups in total. The SMILES string of the molecule is CCCCn1cc[n+](C)c1.[C]=O.[C]=O.[C]=O.[C]=O.[Co+2]. The molecule has 1 heterocycles. The summed E-state index contributed by atoms with van der Waals surface area (Å²) < 4.78 is 4.28. The summed E-state index contributed by atoms with van der Waals surface area (Å²) in [7, 11) is 2.04. The summed E-state index contributed by atoms with van der Waals surface area (Å²) in [5, 5.41) is 0. The Labute approximate surface area is 125 Å². The Morgan fingerprint density at radius 3 is 1.68 bits per heavy atom. The average Bonchev–Trinajstić information content (AvgIpc) is 2.91. The van der Waals surface area contributed by atoms with Gasteiger partial charge in [-0.15, -0.1) is 0 Å². The standard InChI is InChI=1S/C8H15N2.4CO.Co/c1-3-4-5-10-7-6-9(2)8-10;4*1-2;/h6-8H,3-5H2,1-2H3;;;;;/q+1;;;;;+2. The molecule has 9 radical (unpaired) electrons. The summed E-state index contributed by atoms with van der Waals surface area (Å²) in [5.41, 5.74) is 0. The predicted molar refractivity (Wildman–Crippen MR) is 63.3 cm³/mol. The summed E-state index contributed by atoms with van der Waals surface area (Å²) in [6.45, 7) is 21.4. The molecule has 0 saturated carbocycles. The molecule has 1 aromatic rings. The van der Waals surface area contributed by atoms with Gasteiger partial charge in [-0.3, -0.25) is 19.2 Å². The Balaban J connectivity index is -0.0000000628. The minimum atomic E-state index is 0. The van der Waals surface area contributed by atoms with E-state index >= 15 is 0 Å². The molecule has 0 unspecified atom stereocenters. The first-order valence-electron chi connectivity index (χ1n) is 4.65. The smallest absolute Gasteiger partial charge is 0.281 e. The fraction of sp³-hybridized carbons (Fsp3) is 0.417. The van der Waals surface area contributed by atoms with Crippen LogP contribution in [0.1, 0.15) is 19.8 Å². The number of aromatic nitrogens is 2. The van der Waals surface area contributed by atoms with E-state index in [4.69, 9.17) is 19.2 Å². The van der Waals surface area contributed by atoms with Gasteiger partial charge >= 0.3 is 16.8 Å². The molecular formula is C12H15CoN2O4+3. The number of nitrogens with zero attached hydrogens (tertiary/aromatic N) is 2. The molecule has 0 aliphatic carbocycles. The number of hydrogen-bond donors (Lipinski definition) is 0. The van der Waals surface area contributed by atoms with Crippen molar-refractivity contribution in [2.45, 2.75) is 26.3 Å². The van der Waals surface area contributed by atoms with E-state index in [0.717, 1.165) is 6.54 Å². The fourth-order valence-electron chi connectivity index (χ4n) is 0.975. The zero-order valence-electron chi connectivity index (χ0n) is 10.7. The van der Waals surface area contributed by atoms with Gasteiger partial charge in [-0.05, 0) is 6.42 Å². The average molecular weight is 310 g/mol. The van der Waals surface area contributed by atoms with Gasteiger partial charge in [-0.2, -0.15) is 0 Å². The molecule has 0 aliphatic heterocycles. The van der Waals surface area contributed by atoms with Gasteiger partial charge in [-0.25, -0.2) is 9.13 Å². The van der Waals surface area contributed by atoms with E-state index in [-0.39, 0.29) is 16.8 Å². The molecule has 0 bridgehead atoms. The topological polar surface area (TPSA) is 77.1 Å². The molecule has 0 spiro atoms. The zero-order valence-corrected chi connectivity index (χ0v) is 11.8. The monoisotopic (exact) mass is 310 g/mol. The molecule has 6 nitrogen and oxygen atoms in total. The third-order valence-electron chi connectivity index (χ3n) is 1.59. The molecule has 0 aliphatic rings. The molecule has 7 heteroatoms. The fourth-order valence-corrected chi connectivity index (χ4v) is 0.975. The molecule has 0 fully saturated rings.